The number of pyridine rings is 1. The van der Waals surface area contributed by atoms with E-state index in [-0.39, 0.29) is 5.78 Å². The maximum Gasteiger partial charge on any atom is 0.196 e. The summed E-state index contributed by atoms with van der Waals surface area (Å²) in [4.78, 5) is 16.8. The zero-order valence-corrected chi connectivity index (χ0v) is 10.5. The van der Waals surface area contributed by atoms with Crippen LogP contribution in [0.15, 0.2) is 35.8 Å². The molecule has 0 radical (unpaired) electrons. The van der Waals surface area contributed by atoms with Gasteiger partial charge in [0, 0.05) is 17.6 Å². The normalized spacial score (nSPS) is 11.6. The van der Waals surface area contributed by atoms with Crippen LogP contribution in [0.4, 0.5) is 0 Å². The molecule has 18 heavy (non-hydrogen) atoms. The second-order valence-electron chi connectivity index (χ2n) is 3.53. The zero-order chi connectivity index (χ0) is 13.0. The molecule has 90 valence electrons. The van der Waals surface area contributed by atoms with Crippen LogP contribution in [0.1, 0.15) is 21.3 Å². The number of nitrogens with zero attached hydrogens (tertiary/aromatic N) is 2. The monoisotopic (exact) mass is 258 g/mol. The van der Waals surface area contributed by atoms with E-state index in [0.29, 0.717) is 16.3 Å². The van der Waals surface area contributed by atoms with Crippen molar-refractivity contribution in [2.45, 2.75) is 5.92 Å². The molecular weight excluding hydrogens is 248 g/mol. The average molecular weight is 258 g/mol. The van der Waals surface area contributed by atoms with Crippen LogP contribution in [0.25, 0.3) is 0 Å². The zero-order valence-electron chi connectivity index (χ0n) is 9.66. The van der Waals surface area contributed by atoms with Gasteiger partial charge in [-0.1, -0.05) is 6.07 Å². The van der Waals surface area contributed by atoms with Gasteiger partial charge in [-0.3, -0.25) is 9.78 Å². The van der Waals surface area contributed by atoms with Gasteiger partial charge in [0.2, 0.25) is 0 Å². The summed E-state index contributed by atoms with van der Waals surface area (Å²) in [6.45, 7) is 0. The van der Waals surface area contributed by atoms with Gasteiger partial charge in [0.25, 0.3) is 0 Å². The van der Waals surface area contributed by atoms with E-state index in [1.165, 1.54) is 18.4 Å². The number of carbonyl (C=O) groups is 1. The number of nitriles is 1. The van der Waals surface area contributed by atoms with Gasteiger partial charge in [0.05, 0.1) is 23.8 Å². The number of hydrogen-bond acceptors (Lipinski definition) is 5. The molecule has 2 aromatic rings. The second kappa shape index (κ2) is 5.43. The van der Waals surface area contributed by atoms with E-state index in [2.05, 4.69) is 4.98 Å². The van der Waals surface area contributed by atoms with Crippen LogP contribution in [-0.4, -0.2) is 17.9 Å². The van der Waals surface area contributed by atoms with Crippen LogP contribution < -0.4 is 4.74 Å². The minimum atomic E-state index is -0.866. The minimum Gasteiger partial charge on any atom is -0.496 e. The van der Waals surface area contributed by atoms with Crippen LogP contribution in [0.5, 0.6) is 5.75 Å². The summed E-state index contributed by atoms with van der Waals surface area (Å²) in [5, 5.41) is 10.9. The summed E-state index contributed by atoms with van der Waals surface area (Å²) in [6, 6.07) is 8.82. The summed E-state index contributed by atoms with van der Waals surface area (Å²) in [5.41, 5.74) is 0.470. The van der Waals surface area contributed by atoms with Crippen molar-refractivity contribution in [3.8, 4) is 11.8 Å². The quantitative estimate of drug-likeness (QED) is 0.791. The fraction of sp³-hybridized carbons (Fsp3) is 0.154. The highest BCUT2D eigenvalue weighted by molar-refractivity contribution is 7.12. The van der Waals surface area contributed by atoms with Gasteiger partial charge in [-0.15, -0.1) is 11.3 Å². The molecule has 0 aliphatic carbocycles. The summed E-state index contributed by atoms with van der Waals surface area (Å²) < 4.78 is 5.02. The third-order valence-corrected chi connectivity index (χ3v) is 3.35. The molecule has 1 unspecified atom stereocenters. The predicted molar refractivity (Wildman–Crippen MR) is 67.8 cm³/mol. The van der Waals surface area contributed by atoms with Crippen molar-refractivity contribution in [3.63, 3.8) is 0 Å². The summed E-state index contributed by atoms with van der Waals surface area (Å²) >= 11 is 1.27. The lowest BCUT2D eigenvalue weighted by Gasteiger charge is -2.05. The first-order chi connectivity index (χ1) is 8.76. The fourth-order valence-corrected chi connectivity index (χ4v) is 2.33. The Kier molecular flexibility index (Phi) is 3.70. The summed E-state index contributed by atoms with van der Waals surface area (Å²) in [6.07, 6.45) is 1.57. The lowest BCUT2D eigenvalue weighted by atomic mass is 10.00. The molecule has 0 amide bonds. The number of carbonyl (C=O) groups excluding carboxylic acids is 1. The van der Waals surface area contributed by atoms with Crippen molar-refractivity contribution < 1.29 is 9.53 Å². The molecule has 0 bridgehead atoms. The lowest BCUT2D eigenvalue weighted by molar-refractivity contribution is 0.0981. The van der Waals surface area contributed by atoms with Gasteiger partial charge in [0.15, 0.2) is 11.7 Å². The molecule has 2 aromatic heterocycles. The third kappa shape index (κ3) is 2.39. The predicted octanol–water partition coefficient (Wildman–Crippen LogP) is 2.64. The molecule has 4 nitrogen and oxygen atoms in total. The highest BCUT2D eigenvalue weighted by Gasteiger charge is 2.24. The van der Waals surface area contributed by atoms with Crippen LogP contribution >= 0.6 is 11.3 Å². The Labute approximate surface area is 108 Å². The summed E-state index contributed by atoms with van der Waals surface area (Å²) in [5.74, 6) is -0.486. The first-order valence-electron chi connectivity index (χ1n) is 5.23. The minimum absolute atomic E-state index is 0.246. The Balaban J connectivity index is 2.29. The highest BCUT2D eigenvalue weighted by atomic mass is 32.1. The Hall–Kier alpha value is -2.19. The Morgan fingerprint density at radius 1 is 1.56 bits per heavy atom. The number of hydrogen-bond donors (Lipinski definition) is 0. The van der Waals surface area contributed by atoms with Crippen LogP contribution in [-0.2, 0) is 0 Å². The SMILES string of the molecule is COc1csc(C(=O)C(C#N)c2ccccn2)c1. The second-order valence-corrected chi connectivity index (χ2v) is 4.44. The van der Waals surface area contributed by atoms with E-state index >= 15 is 0 Å². The first-order valence-corrected chi connectivity index (χ1v) is 6.11. The van der Waals surface area contributed by atoms with Gasteiger partial charge < -0.3 is 4.74 Å². The molecule has 0 aromatic carbocycles. The number of Topliss-reactive ketones (excluding diaryl/α,β-unsaturated/α-hetero) is 1. The van der Waals surface area contributed by atoms with Gasteiger partial charge in [-0.05, 0) is 12.1 Å². The van der Waals surface area contributed by atoms with Crippen molar-refractivity contribution in [1.29, 1.82) is 5.26 Å². The van der Waals surface area contributed by atoms with E-state index in [9.17, 15) is 4.79 Å². The van der Waals surface area contributed by atoms with Crippen LogP contribution in [0.3, 0.4) is 0 Å². The maximum absolute atomic E-state index is 12.2. The van der Waals surface area contributed by atoms with Gasteiger partial charge in [0.1, 0.15) is 5.75 Å². The van der Waals surface area contributed by atoms with Crippen molar-refractivity contribution in [2.24, 2.45) is 0 Å². The molecule has 0 spiro atoms. The van der Waals surface area contributed by atoms with Gasteiger partial charge in [-0.25, -0.2) is 0 Å². The van der Waals surface area contributed by atoms with Crippen molar-refractivity contribution in [2.75, 3.05) is 7.11 Å². The number of thiophene rings is 1. The molecule has 2 rings (SSSR count). The molecular formula is C13H10N2O2S. The maximum atomic E-state index is 12.2. The molecule has 2 heterocycles. The summed E-state index contributed by atoms with van der Waals surface area (Å²) in [7, 11) is 1.54. The molecule has 0 fully saturated rings. The van der Waals surface area contributed by atoms with Crippen molar-refractivity contribution >= 4 is 17.1 Å². The number of methoxy groups -OCH3 is 1. The standard InChI is InChI=1S/C13H10N2O2S/c1-17-9-6-12(18-8-9)13(16)10(7-14)11-4-2-3-5-15-11/h2-6,8,10H,1H3. The molecule has 0 aliphatic rings. The van der Waals surface area contributed by atoms with E-state index in [1.54, 1.807) is 35.8 Å². The van der Waals surface area contributed by atoms with E-state index in [1.807, 2.05) is 6.07 Å². The van der Waals surface area contributed by atoms with E-state index < -0.39 is 5.92 Å². The Morgan fingerprint density at radius 2 is 2.39 bits per heavy atom. The van der Waals surface area contributed by atoms with Gasteiger partial charge >= 0.3 is 0 Å². The number of ether oxygens (including phenoxy) is 1. The lowest BCUT2D eigenvalue weighted by Crippen LogP contribution is -2.11. The average Bonchev–Trinajstić information content (AvgIpc) is 2.89. The third-order valence-electron chi connectivity index (χ3n) is 2.43. The van der Waals surface area contributed by atoms with E-state index in [0.717, 1.165) is 0 Å². The van der Waals surface area contributed by atoms with Crippen LogP contribution in [0.2, 0.25) is 0 Å². The van der Waals surface area contributed by atoms with Crippen molar-refractivity contribution in [1.82, 2.24) is 4.98 Å². The molecule has 0 N–H and O–H groups in total. The number of aromatic nitrogens is 1. The van der Waals surface area contributed by atoms with Crippen molar-refractivity contribution in [3.05, 3.63) is 46.4 Å². The molecule has 0 saturated heterocycles. The molecule has 1 atom stereocenters. The van der Waals surface area contributed by atoms with Gasteiger partial charge in [-0.2, -0.15) is 5.26 Å². The number of rotatable bonds is 4. The smallest absolute Gasteiger partial charge is 0.196 e. The highest BCUT2D eigenvalue weighted by Crippen LogP contribution is 2.26. The fourth-order valence-electron chi connectivity index (χ4n) is 1.50. The first kappa shape index (κ1) is 12.3. The largest absolute Gasteiger partial charge is 0.496 e. The Morgan fingerprint density at radius 3 is 2.94 bits per heavy atom. The topological polar surface area (TPSA) is 63.0 Å². The van der Waals surface area contributed by atoms with E-state index in [4.69, 9.17) is 10.00 Å². The molecule has 0 aliphatic heterocycles. The molecule has 0 saturated carbocycles. The van der Waals surface area contributed by atoms with Crippen LogP contribution in [0, 0.1) is 11.3 Å². The Bertz CT molecular complexity index is 587. The number of ketones is 1. The molecule has 5 heteroatoms.